The van der Waals surface area contributed by atoms with E-state index in [0.29, 0.717) is 5.02 Å². The van der Waals surface area contributed by atoms with Crippen molar-refractivity contribution in [3.63, 3.8) is 0 Å². The van der Waals surface area contributed by atoms with Crippen LogP contribution in [0.1, 0.15) is 11.4 Å². The molecule has 1 atom stereocenters. The van der Waals surface area contributed by atoms with E-state index in [4.69, 9.17) is 23.2 Å². The highest BCUT2D eigenvalue weighted by molar-refractivity contribution is 7.92. The van der Waals surface area contributed by atoms with Gasteiger partial charge in [-0.05, 0) is 11.6 Å². The third-order valence-corrected chi connectivity index (χ3v) is 5.54. The van der Waals surface area contributed by atoms with E-state index in [1.165, 1.54) is 0 Å². The number of halogens is 6. The topological polar surface area (TPSA) is 72.9 Å². The van der Waals surface area contributed by atoms with E-state index in [1.807, 2.05) is 0 Å². The van der Waals surface area contributed by atoms with Crippen molar-refractivity contribution in [1.29, 1.82) is 0 Å². The number of nitrogens with zero attached hydrogens (tertiary/aromatic N) is 2. The summed E-state index contributed by atoms with van der Waals surface area (Å²) in [7, 11) is 0. The maximum Gasteiger partial charge on any atom is 0.451 e. The van der Waals surface area contributed by atoms with E-state index in [0.717, 1.165) is 30.0 Å². The summed E-state index contributed by atoms with van der Waals surface area (Å²) in [5.74, 6) is -2.67. The summed E-state index contributed by atoms with van der Waals surface area (Å²) in [5, 5.41) is 3.51. The van der Waals surface area contributed by atoms with Gasteiger partial charge in [0.1, 0.15) is 11.4 Å². The lowest BCUT2D eigenvalue weighted by molar-refractivity contribution is -0.144. The minimum atomic E-state index is -4.78. The molecule has 0 saturated heterocycles. The zero-order chi connectivity index (χ0) is 21.9. The Morgan fingerprint density at radius 3 is 2.50 bits per heavy atom. The predicted octanol–water partition coefficient (Wildman–Crippen LogP) is 5.69. The zero-order valence-electron chi connectivity index (χ0n) is 14.8. The Morgan fingerprint density at radius 1 is 1.07 bits per heavy atom. The van der Waals surface area contributed by atoms with Crippen molar-refractivity contribution in [1.82, 2.24) is 9.97 Å². The lowest BCUT2D eigenvalue weighted by Crippen LogP contribution is -2.18. The molecule has 0 bridgehead atoms. The van der Waals surface area contributed by atoms with Crippen molar-refractivity contribution >= 4 is 46.1 Å². The third-order valence-electron chi connectivity index (χ3n) is 3.75. The minimum Gasteiger partial charge on any atom is -0.588 e. The fourth-order valence-electron chi connectivity index (χ4n) is 2.34. The van der Waals surface area contributed by atoms with Gasteiger partial charge in [0.2, 0.25) is 10.7 Å². The van der Waals surface area contributed by atoms with Gasteiger partial charge >= 0.3 is 6.18 Å². The summed E-state index contributed by atoms with van der Waals surface area (Å²) in [6.07, 6.45) is -3.93. The van der Waals surface area contributed by atoms with Crippen molar-refractivity contribution in [2.45, 2.75) is 17.6 Å². The summed E-state index contributed by atoms with van der Waals surface area (Å²) in [4.78, 5) is 5.98. The van der Waals surface area contributed by atoms with E-state index >= 15 is 0 Å². The Balaban J connectivity index is 1.75. The van der Waals surface area contributed by atoms with Gasteiger partial charge in [-0.15, -0.1) is 0 Å². The summed E-state index contributed by atoms with van der Waals surface area (Å²) in [5.41, 5.74) is 0.991. The van der Waals surface area contributed by atoms with Crippen molar-refractivity contribution in [2.75, 3.05) is 10.0 Å². The Bertz CT molecular complexity index is 1050. The number of hydrogen-bond donors (Lipinski definition) is 2. The van der Waals surface area contributed by atoms with Crippen LogP contribution in [0.2, 0.25) is 10.0 Å². The van der Waals surface area contributed by atoms with Crippen LogP contribution in [0.15, 0.2) is 53.6 Å². The molecule has 2 N–H and O–H groups in total. The van der Waals surface area contributed by atoms with Crippen molar-refractivity contribution in [3.05, 3.63) is 75.9 Å². The van der Waals surface area contributed by atoms with Crippen LogP contribution in [0.5, 0.6) is 0 Å². The van der Waals surface area contributed by atoms with Gasteiger partial charge in [0.15, 0.2) is 11.6 Å². The number of anilines is 2. The van der Waals surface area contributed by atoms with Crippen LogP contribution in [0.25, 0.3) is 0 Å². The Labute approximate surface area is 181 Å². The maximum absolute atomic E-state index is 14.5. The molecular formula is C18H12Cl2F4N4OS. The van der Waals surface area contributed by atoms with Crippen LogP contribution in [-0.4, -0.2) is 14.5 Å². The molecule has 3 aromatic rings. The lowest BCUT2D eigenvalue weighted by atomic mass is 10.2. The number of rotatable bonds is 6. The van der Waals surface area contributed by atoms with E-state index in [9.17, 15) is 22.1 Å². The van der Waals surface area contributed by atoms with Crippen molar-refractivity contribution in [3.8, 4) is 0 Å². The van der Waals surface area contributed by atoms with Gasteiger partial charge in [-0.1, -0.05) is 41.4 Å². The first kappa shape index (κ1) is 22.4. The van der Waals surface area contributed by atoms with E-state index in [2.05, 4.69) is 20.0 Å². The van der Waals surface area contributed by atoms with Crippen LogP contribution >= 0.6 is 23.2 Å². The van der Waals surface area contributed by atoms with Crippen molar-refractivity contribution in [2.24, 2.45) is 0 Å². The van der Waals surface area contributed by atoms with E-state index < -0.39 is 29.2 Å². The second-order valence-corrected chi connectivity index (χ2v) is 7.84. The normalized spacial score (nSPS) is 12.5. The van der Waals surface area contributed by atoms with Gasteiger partial charge in [-0.2, -0.15) is 17.9 Å². The molecule has 0 saturated carbocycles. The number of nitrogens with one attached hydrogen (secondary N) is 2. The molecule has 0 aliphatic carbocycles. The SMILES string of the molecule is [O-][S+](Nc1ccnc(C(F)(F)F)n1)c1cc(Cl)c(NCc2ccccc2Cl)cc1F. The molecule has 2 aromatic carbocycles. The minimum absolute atomic E-state index is 0.0623. The molecule has 1 unspecified atom stereocenters. The molecule has 1 heterocycles. The predicted molar refractivity (Wildman–Crippen MR) is 107 cm³/mol. The third kappa shape index (κ3) is 5.45. The first-order chi connectivity index (χ1) is 14.1. The molecule has 0 aliphatic heterocycles. The van der Waals surface area contributed by atoms with Gasteiger partial charge in [-0.25, -0.2) is 14.4 Å². The molecule has 30 heavy (non-hydrogen) atoms. The number of alkyl halides is 3. The molecule has 0 fully saturated rings. The van der Waals surface area contributed by atoms with Crippen LogP contribution in [0.3, 0.4) is 0 Å². The average Bonchev–Trinajstić information content (AvgIpc) is 2.69. The molecule has 0 amide bonds. The Hall–Kier alpha value is -2.27. The van der Waals surface area contributed by atoms with Crippen molar-refractivity contribution < 1.29 is 22.1 Å². The first-order valence-corrected chi connectivity index (χ1v) is 10.1. The number of aromatic nitrogens is 2. The highest BCUT2D eigenvalue weighted by Crippen LogP contribution is 2.31. The summed E-state index contributed by atoms with van der Waals surface area (Å²) >= 11 is 9.95. The summed E-state index contributed by atoms with van der Waals surface area (Å²) in [6.45, 7) is 0.265. The molecule has 5 nitrogen and oxygen atoms in total. The highest BCUT2D eigenvalue weighted by atomic mass is 35.5. The molecule has 158 valence electrons. The molecule has 0 spiro atoms. The Morgan fingerprint density at radius 2 is 1.80 bits per heavy atom. The first-order valence-electron chi connectivity index (χ1n) is 8.20. The quantitative estimate of drug-likeness (QED) is 0.351. The van der Waals surface area contributed by atoms with Gasteiger partial charge < -0.3 is 9.87 Å². The second-order valence-electron chi connectivity index (χ2n) is 5.84. The molecule has 12 heteroatoms. The largest absolute Gasteiger partial charge is 0.588 e. The molecule has 1 aromatic heterocycles. The second kappa shape index (κ2) is 9.25. The average molecular weight is 479 g/mol. The van der Waals surface area contributed by atoms with Gasteiger partial charge in [0.05, 0.1) is 10.7 Å². The summed E-state index contributed by atoms with van der Waals surface area (Å²) in [6, 6.07) is 10.3. The number of benzene rings is 2. The zero-order valence-corrected chi connectivity index (χ0v) is 17.1. The monoisotopic (exact) mass is 478 g/mol. The van der Waals surface area contributed by atoms with Gasteiger partial charge in [0, 0.05) is 36.0 Å². The highest BCUT2D eigenvalue weighted by Gasteiger charge is 2.35. The fraction of sp³-hybridized carbons (Fsp3) is 0.111. The molecule has 0 radical (unpaired) electrons. The van der Waals surface area contributed by atoms with Crippen LogP contribution < -0.4 is 10.0 Å². The Kier molecular flexibility index (Phi) is 6.91. The fourth-order valence-corrected chi connectivity index (χ4v) is 3.71. The van der Waals surface area contributed by atoms with Crippen LogP contribution in [-0.2, 0) is 24.1 Å². The summed E-state index contributed by atoms with van der Waals surface area (Å²) < 4.78 is 67.2. The smallest absolute Gasteiger partial charge is 0.451 e. The van der Waals surface area contributed by atoms with Gasteiger partial charge in [0.25, 0.3) is 0 Å². The van der Waals surface area contributed by atoms with E-state index in [-0.39, 0.29) is 28.0 Å². The molecular weight excluding hydrogens is 467 g/mol. The molecule has 0 aliphatic rings. The lowest BCUT2D eigenvalue weighted by Gasteiger charge is -2.15. The van der Waals surface area contributed by atoms with Gasteiger partial charge in [-0.3, -0.25) is 0 Å². The standard InChI is InChI=1S/C18H12Cl2F4N4OS/c19-11-4-2-1-3-10(11)9-26-14-8-13(21)15(7-12(14)20)30(29)28-16-5-6-25-17(27-16)18(22,23)24/h1-8,26H,9H2,(H,25,27,28). The number of hydrogen-bond acceptors (Lipinski definition) is 5. The van der Waals surface area contributed by atoms with Crippen LogP contribution in [0.4, 0.5) is 29.1 Å². The van der Waals surface area contributed by atoms with Crippen LogP contribution in [0, 0.1) is 5.82 Å². The maximum atomic E-state index is 14.5. The molecule has 3 rings (SSSR count). The van der Waals surface area contributed by atoms with E-state index in [1.54, 1.807) is 24.3 Å².